The quantitative estimate of drug-likeness (QED) is 0.753. The van der Waals surface area contributed by atoms with Gasteiger partial charge >= 0.3 is 0 Å². The number of piperazine rings is 1. The van der Waals surface area contributed by atoms with Gasteiger partial charge in [0, 0.05) is 40.2 Å². The third-order valence-corrected chi connectivity index (χ3v) is 4.27. The van der Waals surface area contributed by atoms with E-state index in [0.29, 0.717) is 6.04 Å². The molecule has 3 nitrogen and oxygen atoms in total. The zero-order valence-electron chi connectivity index (χ0n) is 10.5. The lowest BCUT2D eigenvalue weighted by atomic mass is 10.1. The molecular weight excluding hydrogens is 360 g/mol. The van der Waals surface area contributed by atoms with Crippen molar-refractivity contribution in [3.8, 4) is 0 Å². The van der Waals surface area contributed by atoms with Crippen molar-refractivity contribution in [3.63, 3.8) is 0 Å². The average Bonchev–Trinajstić information content (AvgIpc) is 2.30. The topological polar surface area (TPSA) is 23.6 Å². The molecule has 0 N–H and O–H groups in total. The summed E-state index contributed by atoms with van der Waals surface area (Å²) in [6, 6.07) is 6.09. The predicted octanol–water partition coefficient (Wildman–Crippen LogP) is 2.99. The first-order valence-corrected chi connectivity index (χ1v) is 7.51. The first-order chi connectivity index (χ1) is 8.47. The van der Waals surface area contributed by atoms with Crippen molar-refractivity contribution in [2.75, 3.05) is 26.7 Å². The maximum absolute atomic E-state index is 12.4. The van der Waals surface area contributed by atoms with Gasteiger partial charge in [0.25, 0.3) is 5.91 Å². The van der Waals surface area contributed by atoms with Gasteiger partial charge in [-0.05, 0) is 32.2 Å². The van der Waals surface area contributed by atoms with Crippen molar-refractivity contribution < 1.29 is 4.79 Å². The lowest BCUT2D eigenvalue weighted by molar-refractivity contribution is 0.0572. The molecule has 1 aromatic carbocycles. The van der Waals surface area contributed by atoms with Crippen LogP contribution in [0.3, 0.4) is 0 Å². The number of carbonyl (C=O) groups excluding carboxylic acids is 1. The number of halogens is 2. The molecule has 98 valence electrons. The number of likely N-dealkylation sites (N-methyl/N-ethyl adjacent to an activating group) is 1. The molecule has 1 fully saturated rings. The first-order valence-electron chi connectivity index (χ1n) is 5.93. The number of hydrogen-bond donors (Lipinski definition) is 0. The van der Waals surface area contributed by atoms with Crippen LogP contribution in [0.1, 0.15) is 17.3 Å². The van der Waals surface area contributed by atoms with E-state index in [4.69, 9.17) is 0 Å². The fourth-order valence-corrected chi connectivity index (χ4v) is 3.39. The minimum absolute atomic E-state index is 0.108. The van der Waals surface area contributed by atoms with E-state index in [9.17, 15) is 4.79 Å². The van der Waals surface area contributed by atoms with Crippen LogP contribution in [0.2, 0.25) is 0 Å². The molecule has 18 heavy (non-hydrogen) atoms. The third-order valence-electron chi connectivity index (χ3n) is 3.36. The van der Waals surface area contributed by atoms with E-state index < -0.39 is 0 Å². The highest BCUT2D eigenvalue weighted by molar-refractivity contribution is 9.11. The highest BCUT2D eigenvalue weighted by Gasteiger charge is 2.25. The predicted molar refractivity (Wildman–Crippen MR) is 79.8 cm³/mol. The molecule has 1 heterocycles. The molecule has 0 aromatic heterocycles. The monoisotopic (exact) mass is 374 g/mol. The van der Waals surface area contributed by atoms with Gasteiger partial charge in [-0.15, -0.1) is 0 Å². The van der Waals surface area contributed by atoms with Gasteiger partial charge in [-0.2, -0.15) is 0 Å². The van der Waals surface area contributed by atoms with E-state index >= 15 is 0 Å². The van der Waals surface area contributed by atoms with Gasteiger partial charge in [0.1, 0.15) is 0 Å². The maximum Gasteiger partial charge on any atom is 0.254 e. The standard InChI is InChI=1S/C13H16Br2N2O/c1-9-8-17(4-3-16(9)2)13(18)10-5-11(14)7-12(15)6-10/h5-7,9H,3-4,8H2,1-2H3. The van der Waals surface area contributed by atoms with Crippen LogP contribution in [0, 0.1) is 0 Å². The summed E-state index contributed by atoms with van der Waals surface area (Å²) in [5.41, 5.74) is 0.730. The molecule has 0 aliphatic carbocycles. The van der Waals surface area contributed by atoms with E-state index in [-0.39, 0.29) is 5.91 Å². The number of nitrogens with zero attached hydrogens (tertiary/aromatic N) is 2. The molecular formula is C13H16Br2N2O. The summed E-state index contributed by atoms with van der Waals surface area (Å²) in [6.45, 7) is 4.67. The number of amides is 1. The molecule has 0 spiro atoms. The Hall–Kier alpha value is -0.390. The van der Waals surface area contributed by atoms with Crippen LogP contribution >= 0.6 is 31.9 Å². The fraction of sp³-hybridized carbons (Fsp3) is 0.462. The molecule has 1 aromatic rings. The molecule has 0 bridgehead atoms. The van der Waals surface area contributed by atoms with Crippen LogP contribution in [-0.2, 0) is 0 Å². The molecule has 0 saturated carbocycles. The highest BCUT2D eigenvalue weighted by Crippen LogP contribution is 2.22. The van der Waals surface area contributed by atoms with Crippen LogP contribution in [0.5, 0.6) is 0 Å². The summed E-state index contributed by atoms with van der Waals surface area (Å²) in [6.07, 6.45) is 0. The Balaban J connectivity index is 2.16. The summed E-state index contributed by atoms with van der Waals surface area (Å²) >= 11 is 6.84. The number of carbonyl (C=O) groups is 1. The van der Waals surface area contributed by atoms with Crippen LogP contribution in [0.25, 0.3) is 0 Å². The van der Waals surface area contributed by atoms with Crippen LogP contribution < -0.4 is 0 Å². The Morgan fingerprint density at radius 2 is 1.83 bits per heavy atom. The smallest absolute Gasteiger partial charge is 0.254 e. The van der Waals surface area contributed by atoms with Gasteiger partial charge in [0.2, 0.25) is 0 Å². The van der Waals surface area contributed by atoms with Crippen molar-refractivity contribution in [2.24, 2.45) is 0 Å². The van der Waals surface area contributed by atoms with Crippen molar-refractivity contribution in [1.82, 2.24) is 9.80 Å². The largest absolute Gasteiger partial charge is 0.336 e. The molecule has 1 aliphatic heterocycles. The minimum Gasteiger partial charge on any atom is -0.336 e. The normalized spacial score (nSPS) is 21.1. The van der Waals surface area contributed by atoms with Crippen LogP contribution in [-0.4, -0.2) is 48.4 Å². The zero-order valence-corrected chi connectivity index (χ0v) is 13.7. The van der Waals surface area contributed by atoms with Crippen molar-refractivity contribution in [1.29, 1.82) is 0 Å². The van der Waals surface area contributed by atoms with Gasteiger partial charge in [-0.1, -0.05) is 31.9 Å². The highest BCUT2D eigenvalue weighted by atomic mass is 79.9. The number of rotatable bonds is 1. The van der Waals surface area contributed by atoms with Crippen molar-refractivity contribution in [3.05, 3.63) is 32.7 Å². The molecule has 1 aliphatic rings. The summed E-state index contributed by atoms with van der Waals surface area (Å²) < 4.78 is 1.84. The van der Waals surface area contributed by atoms with Gasteiger partial charge in [0.15, 0.2) is 0 Å². The summed E-state index contributed by atoms with van der Waals surface area (Å²) in [4.78, 5) is 16.6. The second-order valence-electron chi connectivity index (χ2n) is 4.74. The summed E-state index contributed by atoms with van der Waals surface area (Å²) in [7, 11) is 2.10. The Morgan fingerprint density at radius 1 is 1.22 bits per heavy atom. The molecule has 1 amide bonds. The Bertz CT molecular complexity index is 444. The SMILES string of the molecule is CC1CN(C(=O)c2cc(Br)cc(Br)c2)CCN1C. The Kier molecular flexibility index (Phi) is 4.45. The maximum atomic E-state index is 12.4. The molecule has 2 rings (SSSR count). The van der Waals surface area contributed by atoms with Crippen LogP contribution in [0.4, 0.5) is 0 Å². The van der Waals surface area contributed by atoms with Gasteiger partial charge in [0.05, 0.1) is 0 Å². The van der Waals surface area contributed by atoms with Crippen molar-refractivity contribution in [2.45, 2.75) is 13.0 Å². The molecule has 5 heteroatoms. The minimum atomic E-state index is 0.108. The second-order valence-corrected chi connectivity index (χ2v) is 6.57. The lowest BCUT2D eigenvalue weighted by Gasteiger charge is -2.37. The zero-order chi connectivity index (χ0) is 13.3. The van der Waals surface area contributed by atoms with Gasteiger partial charge < -0.3 is 9.80 Å². The van der Waals surface area contributed by atoms with E-state index in [1.165, 1.54) is 0 Å². The Morgan fingerprint density at radius 3 is 2.39 bits per heavy atom. The summed E-state index contributed by atoms with van der Waals surface area (Å²) in [5, 5.41) is 0. The first kappa shape index (κ1) is 14.0. The van der Waals surface area contributed by atoms with E-state index in [1.807, 2.05) is 23.1 Å². The molecule has 1 saturated heterocycles. The van der Waals surface area contributed by atoms with Crippen molar-refractivity contribution >= 4 is 37.8 Å². The lowest BCUT2D eigenvalue weighted by Crippen LogP contribution is -2.52. The van der Waals surface area contributed by atoms with Gasteiger partial charge in [-0.3, -0.25) is 4.79 Å². The molecule has 0 radical (unpaired) electrons. The number of benzene rings is 1. The molecule has 1 unspecified atom stereocenters. The van der Waals surface area contributed by atoms with E-state index in [1.54, 1.807) is 0 Å². The second kappa shape index (κ2) is 5.72. The summed E-state index contributed by atoms with van der Waals surface area (Å²) in [5.74, 6) is 0.108. The Labute approximate surface area is 124 Å². The van der Waals surface area contributed by atoms with Gasteiger partial charge in [-0.25, -0.2) is 0 Å². The average molecular weight is 376 g/mol. The third kappa shape index (κ3) is 3.13. The fourth-order valence-electron chi connectivity index (χ4n) is 2.09. The number of hydrogen-bond acceptors (Lipinski definition) is 2. The molecule has 1 atom stereocenters. The van der Waals surface area contributed by atoms with Crippen LogP contribution in [0.15, 0.2) is 27.1 Å². The van der Waals surface area contributed by atoms with E-state index in [0.717, 1.165) is 34.1 Å². The van der Waals surface area contributed by atoms with E-state index in [2.05, 4.69) is 50.7 Å².